The third-order valence-electron chi connectivity index (χ3n) is 3.40. The lowest BCUT2D eigenvalue weighted by molar-refractivity contribution is 0.306. The van der Waals surface area contributed by atoms with E-state index in [0.717, 1.165) is 31.7 Å². The highest BCUT2D eigenvalue weighted by Gasteiger charge is 1.98. The molecule has 2 aromatic carbocycles. The molecule has 0 spiro atoms. The van der Waals surface area contributed by atoms with Crippen LogP contribution in [0.3, 0.4) is 0 Å². The lowest BCUT2D eigenvalue weighted by atomic mass is 10.1. The minimum atomic E-state index is 0.523. The maximum absolute atomic E-state index is 5.78. The van der Waals surface area contributed by atoms with Crippen molar-refractivity contribution in [3.05, 3.63) is 65.7 Å². The minimum Gasteiger partial charge on any atom is -0.489 e. The molecule has 0 heterocycles. The fraction of sp³-hybridized carbons (Fsp3) is 0.316. The van der Waals surface area contributed by atoms with Crippen LogP contribution in [0.2, 0.25) is 0 Å². The summed E-state index contributed by atoms with van der Waals surface area (Å²) in [4.78, 5) is 4.20. The molecule has 0 aliphatic heterocycles. The van der Waals surface area contributed by atoms with E-state index in [-0.39, 0.29) is 0 Å². The van der Waals surface area contributed by atoms with Gasteiger partial charge in [-0.05, 0) is 36.1 Å². The Bertz CT molecular complexity index is 594. The molecule has 2 aromatic rings. The van der Waals surface area contributed by atoms with Gasteiger partial charge in [0.1, 0.15) is 12.4 Å². The topological polar surface area (TPSA) is 59.6 Å². The van der Waals surface area contributed by atoms with E-state index in [1.54, 1.807) is 0 Å². The Morgan fingerprint density at radius 1 is 1.04 bits per heavy atom. The summed E-state index contributed by atoms with van der Waals surface area (Å²) < 4.78 is 5.78. The summed E-state index contributed by atoms with van der Waals surface area (Å²) >= 11 is 0. The maximum Gasteiger partial charge on any atom is 0.188 e. The van der Waals surface area contributed by atoms with E-state index in [1.807, 2.05) is 30.3 Å². The number of nitrogens with two attached hydrogens (primary N) is 1. The first-order valence-electron chi connectivity index (χ1n) is 8.07. The summed E-state index contributed by atoms with van der Waals surface area (Å²) in [6.45, 7) is 4.22. The standard InChI is InChI=1S/C19H25N3O/c1-2-13-21-19(20)22-14-12-16-8-10-18(11-9-16)23-15-17-6-4-3-5-7-17/h3-11H,2,12-15H2,1H3,(H3,20,21,22). The van der Waals surface area contributed by atoms with Gasteiger partial charge in [-0.3, -0.25) is 4.99 Å². The van der Waals surface area contributed by atoms with Crippen LogP contribution >= 0.6 is 0 Å². The normalized spacial score (nSPS) is 11.3. The molecule has 0 bridgehead atoms. The lowest BCUT2D eigenvalue weighted by Gasteiger charge is -2.08. The fourth-order valence-corrected chi connectivity index (χ4v) is 2.12. The second-order valence-electron chi connectivity index (χ2n) is 5.36. The average molecular weight is 311 g/mol. The first-order valence-corrected chi connectivity index (χ1v) is 8.07. The molecular formula is C19H25N3O. The molecule has 3 N–H and O–H groups in total. The highest BCUT2D eigenvalue weighted by molar-refractivity contribution is 5.77. The van der Waals surface area contributed by atoms with Gasteiger partial charge in [-0.1, -0.05) is 49.4 Å². The van der Waals surface area contributed by atoms with Crippen molar-refractivity contribution in [1.29, 1.82) is 0 Å². The van der Waals surface area contributed by atoms with Crippen LogP contribution in [0.4, 0.5) is 0 Å². The summed E-state index contributed by atoms with van der Waals surface area (Å²) in [5.74, 6) is 1.41. The number of hydrogen-bond acceptors (Lipinski definition) is 2. The van der Waals surface area contributed by atoms with Crippen LogP contribution in [-0.4, -0.2) is 19.0 Å². The third kappa shape index (κ3) is 6.43. The van der Waals surface area contributed by atoms with E-state index < -0.39 is 0 Å². The summed E-state index contributed by atoms with van der Waals surface area (Å²) in [6.07, 6.45) is 1.91. The predicted octanol–water partition coefficient (Wildman–Crippen LogP) is 3.12. The van der Waals surface area contributed by atoms with Crippen molar-refractivity contribution in [1.82, 2.24) is 5.32 Å². The number of guanidine groups is 1. The van der Waals surface area contributed by atoms with Crippen LogP contribution in [0, 0.1) is 0 Å². The Morgan fingerprint density at radius 3 is 2.48 bits per heavy atom. The number of aliphatic imine (C=N–C) groups is 1. The molecule has 0 saturated heterocycles. The molecule has 0 saturated carbocycles. The van der Waals surface area contributed by atoms with Crippen LogP contribution < -0.4 is 15.8 Å². The Hall–Kier alpha value is -2.49. The first kappa shape index (κ1) is 16.9. The van der Waals surface area contributed by atoms with Crippen LogP contribution in [0.25, 0.3) is 0 Å². The molecule has 0 unspecified atom stereocenters. The van der Waals surface area contributed by atoms with Crippen LogP contribution in [0.1, 0.15) is 24.5 Å². The van der Waals surface area contributed by atoms with Gasteiger partial charge in [0.05, 0.1) is 0 Å². The summed E-state index contributed by atoms with van der Waals surface area (Å²) in [7, 11) is 0. The first-order chi connectivity index (χ1) is 11.3. The minimum absolute atomic E-state index is 0.523. The van der Waals surface area contributed by atoms with E-state index in [0.29, 0.717) is 12.6 Å². The molecule has 0 amide bonds. The molecule has 0 atom stereocenters. The number of rotatable bonds is 8. The Morgan fingerprint density at radius 2 is 1.78 bits per heavy atom. The zero-order valence-electron chi connectivity index (χ0n) is 13.7. The molecule has 0 aliphatic rings. The summed E-state index contributed by atoms with van der Waals surface area (Å²) in [5.41, 5.74) is 8.17. The molecule has 4 heteroatoms. The zero-order chi connectivity index (χ0) is 16.3. The fourth-order valence-electron chi connectivity index (χ4n) is 2.12. The van der Waals surface area contributed by atoms with Gasteiger partial charge in [-0.15, -0.1) is 0 Å². The predicted molar refractivity (Wildman–Crippen MR) is 95.7 cm³/mol. The number of benzene rings is 2. The molecular weight excluding hydrogens is 286 g/mol. The molecule has 0 radical (unpaired) electrons. The van der Waals surface area contributed by atoms with E-state index >= 15 is 0 Å². The molecule has 0 aromatic heterocycles. The number of hydrogen-bond donors (Lipinski definition) is 2. The van der Waals surface area contributed by atoms with Crippen molar-refractivity contribution in [3.63, 3.8) is 0 Å². The molecule has 0 fully saturated rings. The second kappa shape index (κ2) is 9.51. The zero-order valence-corrected chi connectivity index (χ0v) is 13.7. The number of nitrogens with one attached hydrogen (secondary N) is 1. The van der Waals surface area contributed by atoms with Gasteiger partial charge in [-0.2, -0.15) is 0 Å². The van der Waals surface area contributed by atoms with Crippen LogP contribution in [-0.2, 0) is 13.0 Å². The quantitative estimate of drug-likeness (QED) is 0.581. The third-order valence-corrected chi connectivity index (χ3v) is 3.40. The van der Waals surface area contributed by atoms with Crippen LogP contribution in [0.15, 0.2) is 59.6 Å². The monoisotopic (exact) mass is 311 g/mol. The maximum atomic E-state index is 5.78. The Labute approximate surface area is 138 Å². The van der Waals surface area contributed by atoms with Crippen molar-refractivity contribution < 1.29 is 4.74 Å². The largest absolute Gasteiger partial charge is 0.489 e. The van der Waals surface area contributed by atoms with Gasteiger partial charge in [0.25, 0.3) is 0 Å². The van der Waals surface area contributed by atoms with E-state index in [4.69, 9.17) is 10.5 Å². The lowest BCUT2D eigenvalue weighted by Crippen LogP contribution is -2.33. The van der Waals surface area contributed by atoms with Crippen molar-refractivity contribution in [2.75, 3.05) is 13.1 Å². The van der Waals surface area contributed by atoms with Crippen molar-refractivity contribution >= 4 is 5.96 Å². The Kier molecular flexibility index (Phi) is 6.98. The molecule has 2 rings (SSSR count). The second-order valence-corrected chi connectivity index (χ2v) is 5.36. The van der Waals surface area contributed by atoms with E-state index in [1.165, 1.54) is 11.1 Å². The van der Waals surface area contributed by atoms with E-state index in [2.05, 4.69) is 41.5 Å². The SMILES string of the molecule is CCCN=C(N)NCCc1ccc(OCc2ccccc2)cc1. The highest BCUT2D eigenvalue weighted by Crippen LogP contribution is 2.14. The molecule has 4 nitrogen and oxygen atoms in total. The van der Waals surface area contributed by atoms with Gasteiger partial charge in [-0.25, -0.2) is 0 Å². The van der Waals surface area contributed by atoms with Crippen molar-refractivity contribution in [3.8, 4) is 5.75 Å². The van der Waals surface area contributed by atoms with Crippen LogP contribution in [0.5, 0.6) is 5.75 Å². The summed E-state index contributed by atoms with van der Waals surface area (Å²) in [5, 5.41) is 3.12. The number of nitrogens with zero attached hydrogens (tertiary/aromatic N) is 1. The molecule has 122 valence electrons. The van der Waals surface area contributed by atoms with Gasteiger partial charge in [0, 0.05) is 13.1 Å². The summed E-state index contributed by atoms with van der Waals surface area (Å²) in [6, 6.07) is 18.3. The molecule has 0 aliphatic carbocycles. The van der Waals surface area contributed by atoms with Gasteiger partial charge >= 0.3 is 0 Å². The smallest absolute Gasteiger partial charge is 0.188 e. The van der Waals surface area contributed by atoms with Gasteiger partial charge in [0.2, 0.25) is 0 Å². The highest BCUT2D eigenvalue weighted by atomic mass is 16.5. The average Bonchev–Trinajstić information content (AvgIpc) is 2.60. The van der Waals surface area contributed by atoms with Crippen molar-refractivity contribution in [2.45, 2.75) is 26.4 Å². The van der Waals surface area contributed by atoms with Gasteiger partial charge < -0.3 is 15.8 Å². The number of ether oxygens (including phenoxy) is 1. The molecule has 23 heavy (non-hydrogen) atoms. The Balaban J connectivity index is 1.74. The van der Waals surface area contributed by atoms with Crippen molar-refractivity contribution in [2.24, 2.45) is 10.7 Å². The van der Waals surface area contributed by atoms with Gasteiger partial charge in [0.15, 0.2) is 5.96 Å². The van der Waals surface area contributed by atoms with E-state index in [9.17, 15) is 0 Å².